The molecule has 2 aliphatic rings. The lowest BCUT2D eigenvalue weighted by molar-refractivity contribution is 0.135. The van der Waals surface area contributed by atoms with Crippen LogP contribution in [0.5, 0.6) is 5.75 Å². The SMILES string of the molecule is CN1CCc2c(n(N)c3ccc(Cl)cc23)[C@@H]1c1ccc(OC2CCN(S(=O)(=O)CC[Si](C)(C)C)CC2)cc1. The Hall–Kier alpha value is -2.04. The minimum atomic E-state index is -3.19. The number of fused-ring (bicyclic) bond motifs is 3. The molecule has 7 nitrogen and oxygen atoms in total. The molecule has 1 fully saturated rings. The van der Waals surface area contributed by atoms with Crippen molar-refractivity contribution in [2.24, 2.45) is 0 Å². The van der Waals surface area contributed by atoms with Gasteiger partial charge in [-0.3, -0.25) is 9.58 Å². The van der Waals surface area contributed by atoms with Crippen molar-refractivity contribution in [3.63, 3.8) is 0 Å². The van der Waals surface area contributed by atoms with Gasteiger partial charge in [0.15, 0.2) is 0 Å². The summed E-state index contributed by atoms with van der Waals surface area (Å²) in [6.07, 6.45) is 2.36. The van der Waals surface area contributed by atoms with E-state index >= 15 is 0 Å². The molecule has 0 saturated carbocycles. The Morgan fingerprint density at radius 1 is 1.05 bits per heavy atom. The van der Waals surface area contributed by atoms with E-state index < -0.39 is 18.1 Å². The van der Waals surface area contributed by atoms with Gasteiger partial charge in [-0.1, -0.05) is 43.4 Å². The van der Waals surface area contributed by atoms with Crippen LogP contribution in [0.4, 0.5) is 0 Å². The van der Waals surface area contributed by atoms with Crippen molar-refractivity contribution >= 4 is 40.6 Å². The van der Waals surface area contributed by atoms with Crippen molar-refractivity contribution in [2.75, 3.05) is 38.3 Å². The first-order valence-electron chi connectivity index (χ1n) is 13.5. The molecule has 0 aliphatic carbocycles. The summed E-state index contributed by atoms with van der Waals surface area (Å²) in [5.74, 6) is 7.69. The highest BCUT2D eigenvalue weighted by molar-refractivity contribution is 7.89. The number of halogens is 1. The number of hydrogen-bond donors (Lipinski definition) is 1. The second kappa shape index (κ2) is 10.5. The number of benzene rings is 2. The number of likely N-dealkylation sites (N-methyl/N-ethyl adjacent to an activating group) is 1. The van der Waals surface area contributed by atoms with E-state index in [0.29, 0.717) is 25.9 Å². The van der Waals surface area contributed by atoms with E-state index in [1.807, 2.05) is 35.0 Å². The highest BCUT2D eigenvalue weighted by Crippen LogP contribution is 2.40. The van der Waals surface area contributed by atoms with Gasteiger partial charge in [0.05, 0.1) is 23.0 Å². The third-order valence-corrected chi connectivity index (χ3v) is 12.1. The first-order chi connectivity index (χ1) is 17.9. The van der Waals surface area contributed by atoms with E-state index in [0.717, 1.165) is 51.9 Å². The molecule has 38 heavy (non-hydrogen) atoms. The fourth-order valence-electron chi connectivity index (χ4n) is 5.68. The lowest BCUT2D eigenvalue weighted by Crippen LogP contribution is -2.43. The van der Waals surface area contributed by atoms with Crippen molar-refractivity contribution in [1.82, 2.24) is 13.9 Å². The fourth-order valence-corrected chi connectivity index (χ4v) is 10.4. The Labute approximate surface area is 232 Å². The number of nitrogen functional groups attached to an aromatic ring is 1. The second-order valence-electron chi connectivity index (χ2n) is 11.9. The molecule has 0 spiro atoms. The van der Waals surface area contributed by atoms with E-state index in [-0.39, 0.29) is 17.9 Å². The number of rotatable bonds is 7. The van der Waals surface area contributed by atoms with Crippen LogP contribution in [0.2, 0.25) is 30.7 Å². The Morgan fingerprint density at radius 2 is 1.74 bits per heavy atom. The third kappa shape index (κ3) is 5.63. The standard InChI is InChI=1S/C28H39ClN4O3SSi/c1-31-14-13-24-25-19-21(29)7-10-26(25)33(30)28(24)27(31)20-5-8-22(9-6-20)36-23-11-15-32(16-12-23)37(34,35)17-18-38(2,3)4/h5-10,19,23,27H,11-18,30H2,1-4H3/t27-/m0/s1. The van der Waals surface area contributed by atoms with Crippen LogP contribution in [0.25, 0.3) is 10.9 Å². The Morgan fingerprint density at radius 3 is 2.39 bits per heavy atom. The quantitative estimate of drug-likeness (QED) is 0.314. The minimum absolute atomic E-state index is 0.0181. The number of hydrogen-bond acceptors (Lipinski definition) is 5. The average Bonchev–Trinajstić information content (AvgIpc) is 3.14. The highest BCUT2D eigenvalue weighted by Gasteiger charge is 2.33. The lowest BCUT2D eigenvalue weighted by atomic mass is 9.93. The molecule has 0 amide bonds. The summed E-state index contributed by atoms with van der Waals surface area (Å²) in [6, 6.07) is 15.0. The molecule has 1 atom stereocenters. The van der Waals surface area contributed by atoms with Crippen LogP contribution in [0, 0.1) is 0 Å². The zero-order valence-electron chi connectivity index (χ0n) is 22.8. The maximum atomic E-state index is 12.8. The summed E-state index contributed by atoms with van der Waals surface area (Å²) in [7, 11) is -2.45. The topological polar surface area (TPSA) is 80.8 Å². The number of nitrogens with two attached hydrogens (primary N) is 1. The van der Waals surface area contributed by atoms with Gasteiger partial charge in [-0.25, -0.2) is 12.7 Å². The Bertz CT molecular complexity index is 1410. The second-order valence-corrected chi connectivity index (χ2v) is 20.1. The van der Waals surface area contributed by atoms with E-state index in [2.05, 4.69) is 43.7 Å². The largest absolute Gasteiger partial charge is 0.490 e. The van der Waals surface area contributed by atoms with Gasteiger partial charge in [0.1, 0.15) is 11.9 Å². The molecule has 5 rings (SSSR count). The lowest BCUT2D eigenvalue weighted by Gasteiger charge is -2.34. The molecule has 0 bridgehead atoms. The molecule has 1 aromatic heterocycles. The van der Waals surface area contributed by atoms with Gasteiger partial charge in [-0.2, -0.15) is 0 Å². The van der Waals surface area contributed by atoms with Crippen molar-refractivity contribution in [1.29, 1.82) is 0 Å². The molecule has 3 aromatic rings. The number of piperidine rings is 1. The number of aromatic nitrogens is 1. The predicted molar refractivity (Wildman–Crippen MR) is 159 cm³/mol. The summed E-state index contributed by atoms with van der Waals surface area (Å²) >= 11 is 6.30. The van der Waals surface area contributed by atoms with E-state index in [1.165, 1.54) is 5.56 Å². The van der Waals surface area contributed by atoms with Gasteiger partial charge in [-0.15, -0.1) is 0 Å². The van der Waals surface area contributed by atoms with Gasteiger partial charge < -0.3 is 10.6 Å². The molecule has 0 radical (unpaired) electrons. The zero-order valence-corrected chi connectivity index (χ0v) is 25.4. The van der Waals surface area contributed by atoms with Gasteiger partial charge in [0.2, 0.25) is 10.0 Å². The van der Waals surface area contributed by atoms with Crippen LogP contribution in [-0.4, -0.2) is 68.9 Å². The Balaban J connectivity index is 1.26. The van der Waals surface area contributed by atoms with Gasteiger partial charge in [0.25, 0.3) is 0 Å². The Kier molecular flexibility index (Phi) is 7.60. The smallest absolute Gasteiger partial charge is 0.213 e. The van der Waals surface area contributed by atoms with Crippen LogP contribution in [0.15, 0.2) is 42.5 Å². The molecule has 2 aromatic carbocycles. The van der Waals surface area contributed by atoms with E-state index in [9.17, 15) is 8.42 Å². The third-order valence-electron chi connectivity index (χ3n) is 7.93. The molecule has 1 saturated heterocycles. The summed E-state index contributed by atoms with van der Waals surface area (Å²) < 4.78 is 35.3. The van der Waals surface area contributed by atoms with E-state index in [4.69, 9.17) is 22.2 Å². The molecule has 206 valence electrons. The zero-order chi connectivity index (χ0) is 27.2. The first-order valence-corrected chi connectivity index (χ1v) is 19.1. The minimum Gasteiger partial charge on any atom is -0.490 e. The molecule has 3 heterocycles. The van der Waals surface area contributed by atoms with Crippen LogP contribution in [-0.2, 0) is 16.4 Å². The monoisotopic (exact) mass is 574 g/mol. The summed E-state index contributed by atoms with van der Waals surface area (Å²) in [6.45, 7) is 8.62. The normalized spacial score (nSPS) is 20.1. The fraction of sp³-hybridized carbons (Fsp3) is 0.500. The van der Waals surface area contributed by atoms with Crippen molar-refractivity contribution in [3.05, 3.63) is 64.3 Å². The number of ether oxygens (including phenoxy) is 1. The summed E-state index contributed by atoms with van der Waals surface area (Å²) in [5.41, 5.74) is 4.52. The van der Waals surface area contributed by atoms with Gasteiger partial charge >= 0.3 is 0 Å². The van der Waals surface area contributed by atoms with Gasteiger partial charge in [0, 0.05) is 38.1 Å². The maximum absolute atomic E-state index is 12.8. The van der Waals surface area contributed by atoms with Crippen molar-refractivity contribution in [2.45, 2.75) is 57.1 Å². The molecule has 0 unspecified atom stereocenters. The van der Waals surface area contributed by atoms with Crippen LogP contribution >= 0.6 is 11.6 Å². The average molecular weight is 575 g/mol. The molecule has 10 heteroatoms. The molecule has 2 aliphatic heterocycles. The molecular formula is C28H39ClN4O3SSi. The predicted octanol–water partition coefficient (Wildman–Crippen LogP) is 5.10. The molecule has 2 N–H and O–H groups in total. The number of sulfonamides is 1. The van der Waals surface area contributed by atoms with Crippen LogP contribution < -0.4 is 10.6 Å². The first kappa shape index (κ1) is 27.5. The van der Waals surface area contributed by atoms with Gasteiger partial charge in [-0.05, 0) is 73.8 Å². The van der Waals surface area contributed by atoms with Crippen molar-refractivity contribution < 1.29 is 13.2 Å². The van der Waals surface area contributed by atoms with Crippen LogP contribution in [0.3, 0.4) is 0 Å². The van der Waals surface area contributed by atoms with Crippen molar-refractivity contribution in [3.8, 4) is 5.75 Å². The summed E-state index contributed by atoms with van der Waals surface area (Å²) in [5, 5.41) is 1.85. The number of nitrogens with zero attached hydrogens (tertiary/aromatic N) is 3. The summed E-state index contributed by atoms with van der Waals surface area (Å²) in [4.78, 5) is 2.33. The highest BCUT2D eigenvalue weighted by atomic mass is 35.5. The molecular weight excluding hydrogens is 536 g/mol. The van der Waals surface area contributed by atoms with E-state index in [1.54, 1.807) is 4.31 Å². The maximum Gasteiger partial charge on any atom is 0.213 e. The van der Waals surface area contributed by atoms with Crippen LogP contribution in [0.1, 0.15) is 35.7 Å².